The standard InChI is InChI=1S/C11H18N4O3/c1-17-7-9(18-2)6-14-11(16)10-4-3-8(15-12)5-13-10/h3-5,9,15H,6-7,12H2,1-2H3,(H,14,16). The first-order chi connectivity index (χ1) is 8.71. The normalized spacial score (nSPS) is 11.9. The molecular weight excluding hydrogens is 236 g/mol. The van der Waals surface area contributed by atoms with Crippen LogP contribution < -0.4 is 16.6 Å². The molecule has 0 saturated carbocycles. The van der Waals surface area contributed by atoms with Gasteiger partial charge in [0.2, 0.25) is 0 Å². The number of ether oxygens (including phenoxy) is 2. The van der Waals surface area contributed by atoms with E-state index in [0.29, 0.717) is 24.5 Å². The number of hydrogen-bond donors (Lipinski definition) is 3. The molecule has 0 aliphatic rings. The summed E-state index contributed by atoms with van der Waals surface area (Å²) >= 11 is 0. The van der Waals surface area contributed by atoms with E-state index in [-0.39, 0.29) is 12.0 Å². The van der Waals surface area contributed by atoms with E-state index in [1.54, 1.807) is 26.4 Å². The van der Waals surface area contributed by atoms with Crippen molar-refractivity contribution < 1.29 is 14.3 Å². The van der Waals surface area contributed by atoms with E-state index in [9.17, 15) is 4.79 Å². The van der Waals surface area contributed by atoms with Crippen LogP contribution in [0, 0.1) is 0 Å². The summed E-state index contributed by atoms with van der Waals surface area (Å²) in [6.07, 6.45) is 1.31. The molecule has 100 valence electrons. The number of nitrogens with zero attached hydrogens (tertiary/aromatic N) is 1. The number of amides is 1. The van der Waals surface area contributed by atoms with Gasteiger partial charge in [0.05, 0.1) is 24.6 Å². The highest BCUT2D eigenvalue weighted by atomic mass is 16.5. The summed E-state index contributed by atoms with van der Waals surface area (Å²) in [5, 5.41) is 2.71. The highest BCUT2D eigenvalue weighted by Crippen LogP contribution is 2.03. The molecule has 18 heavy (non-hydrogen) atoms. The van der Waals surface area contributed by atoms with E-state index in [4.69, 9.17) is 15.3 Å². The van der Waals surface area contributed by atoms with Crippen molar-refractivity contribution >= 4 is 11.6 Å². The SMILES string of the molecule is COCC(CNC(=O)c1ccc(NN)cn1)OC. The van der Waals surface area contributed by atoms with E-state index >= 15 is 0 Å². The molecular formula is C11H18N4O3. The molecule has 1 aromatic heterocycles. The van der Waals surface area contributed by atoms with Gasteiger partial charge < -0.3 is 20.2 Å². The molecule has 1 atom stereocenters. The van der Waals surface area contributed by atoms with Crippen LogP contribution in [0.1, 0.15) is 10.5 Å². The van der Waals surface area contributed by atoms with Crippen LogP contribution in [-0.2, 0) is 9.47 Å². The minimum absolute atomic E-state index is 0.177. The third kappa shape index (κ3) is 4.28. The number of nitrogens with two attached hydrogens (primary N) is 1. The number of nitrogen functional groups attached to an aromatic ring is 1. The molecule has 0 aliphatic carbocycles. The molecule has 1 rings (SSSR count). The Balaban J connectivity index is 2.48. The van der Waals surface area contributed by atoms with Crippen LogP contribution >= 0.6 is 0 Å². The molecule has 1 amide bonds. The Bertz CT molecular complexity index is 369. The summed E-state index contributed by atoms with van der Waals surface area (Å²) in [5.74, 6) is 4.94. The predicted molar refractivity (Wildman–Crippen MR) is 67.1 cm³/mol. The fourth-order valence-electron chi connectivity index (χ4n) is 1.31. The first-order valence-electron chi connectivity index (χ1n) is 5.43. The monoisotopic (exact) mass is 254 g/mol. The highest BCUT2D eigenvalue weighted by molar-refractivity contribution is 5.92. The molecule has 0 bridgehead atoms. The second-order valence-electron chi connectivity index (χ2n) is 3.60. The molecule has 0 saturated heterocycles. The Morgan fingerprint density at radius 1 is 1.50 bits per heavy atom. The van der Waals surface area contributed by atoms with Crippen LogP contribution in [0.5, 0.6) is 0 Å². The summed E-state index contributed by atoms with van der Waals surface area (Å²) < 4.78 is 10.1. The molecule has 0 radical (unpaired) electrons. The van der Waals surface area contributed by atoms with E-state index in [0.717, 1.165) is 0 Å². The summed E-state index contributed by atoms with van der Waals surface area (Å²) in [5.41, 5.74) is 3.40. The maximum atomic E-state index is 11.7. The lowest BCUT2D eigenvalue weighted by Crippen LogP contribution is -2.35. The number of anilines is 1. The fourth-order valence-corrected chi connectivity index (χ4v) is 1.31. The lowest BCUT2D eigenvalue weighted by atomic mass is 10.3. The van der Waals surface area contributed by atoms with E-state index in [1.165, 1.54) is 6.20 Å². The molecule has 7 heteroatoms. The third-order valence-electron chi connectivity index (χ3n) is 2.34. The molecule has 0 aromatic carbocycles. The van der Waals surface area contributed by atoms with Crippen LogP contribution in [0.25, 0.3) is 0 Å². The van der Waals surface area contributed by atoms with Gasteiger partial charge in [-0.15, -0.1) is 0 Å². The lowest BCUT2D eigenvalue weighted by molar-refractivity contribution is 0.0285. The molecule has 0 aliphatic heterocycles. The molecule has 4 N–H and O–H groups in total. The number of hydrazine groups is 1. The predicted octanol–water partition coefficient (Wildman–Crippen LogP) is -0.242. The van der Waals surface area contributed by atoms with Gasteiger partial charge >= 0.3 is 0 Å². The van der Waals surface area contributed by atoms with E-state index in [1.807, 2.05) is 0 Å². The summed E-state index contributed by atoms with van der Waals surface area (Å²) in [6.45, 7) is 0.780. The van der Waals surface area contributed by atoms with Crippen LogP contribution in [0.15, 0.2) is 18.3 Å². The topological polar surface area (TPSA) is 98.5 Å². The van der Waals surface area contributed by atoms with Crippen LogP contribution in [-0.4, -0.2) is 44.4 Å². The first-order valence-corrected chi connectivity index (χ1v) is 5.43. The van der Waals surface area contributed by atoms with Crippen molar-refractivity contribution in [1.29, 1.82) is 0 Å². The van der Waals surface area contributed by atoms with Crippen molar-refractivity contribution in [3.05, 3.63) is 24.0 Å². The quantitative estimate of drug-likeness (QED) is 0.459. The molecule has 1 heterocycles. The number of hydrogen-bond acceptors (Lipinski definition) is 6. The largest absolute Gasteiger partial charge is 0.382 e. The van der Waals surface area contributed by atoms with Gasteiger partial charge in [-0.05, 0) is 12.1 Å². The molecule has 1 unspecified atom stereocenters. The van der Waals surface area contributed by atoms with Crippen molar-refractivity contribution in [3.8, 4) is 0 Å². The zero-order valence-corrected chi connectivity index (χ0v) is 10.5. The second-order valence-corrected chi connectivity index (χ2v) is 3.60. The maximum absolute atomic E-state index is 11.7. The number of nitrogens with one attached hydrogen (secondary N) is 2. The Morgan fingerprint density at radius 2 is 2.28 bits per heavy atom. The van der Waals surface area contributed by atoms with Crippen molar-refractivity contribution in [2.75, 3.05) is 32.8 Å². The summed E-state index contributed by atoms with van der Waals surface area (Å²) in [7, 11) is 3.14. The minimum Gasteiger partial charge on any atom is -0.382 e. The Labute approximate surface area is 106 Å². The Hall–Kier alpha value is -1.70. The minimum atomic E-state index is -0.267. The Kier molecular flexibility index (Phi) is 6.06. The van der Waals surface area contributed by atoms with E-state index < -0.39 is 0 Å². The van der Waals surface area contributed by atoms with Gasteiger partial charge in [-0.3, -0.25) is 10.6 Å². The lowest BCUT2D eigenvalue weighted by Gasteiger charge is -2.14. The van der Waals surface area contributed by atoms with Gasteiger partial charge in [0, 0.05) is 20.8 Å². The van der Waals surface area contributed by atoms with Gasteiger partial charge in [-0.1, -0.05) is 0 Å². The van der Waals surface area contributed by atoms with E-state index in [2.05, 4.69) is 15.7 Å². The molecule has 7 nitrogen and oxygen atoms in total. The van der Waals surface area contributed by atoms with Crippen molar-refractivity contribution in [2.24, 2.45) is 5.84 Å². The fraction of sp³-hybridized carbons (Fsp3) is 0.455. The number of rotatable bonds is 7. The third-order valence-corrected chi connectivity index (χ3v) is 2.34. The first kappa shape index (κ1) is 14.4. The summed E-state index contributed by atoms with van der Waals surface area (Å²) in [6, 6.07) is 3.26. The number of pyridine rings is 1. The number of carbonyl (C=O) groups excluding carboxylic acids is 1. The average Bonchev–Trinajstić information content (AvgIpc) is 2.43. The molecule has 1 aromatic rings. The number of carbonyl (C=O) groups is 1. The van der Waals surface area contributed by atoms with Crippen LogP contribution in [0.2, 0.25) is 0 Å². The Morgan fingerprint density at radius 3 is 2.78 bits per heavy atom. The second kappa shape index (κ2) is 7.59. The van der Waals surface area contributed by atoms with Crippen LogP contribution in [0.3, 0.4) is 0 Å². The zero-order chi connectivity index (χ0) is 13.4. The van der Waals surface area contributed by atoms with Gasteiger partial charge in [0.15, 0.2) is 0 Å². The molecule has 0 fully saturated rings. The van der Waals surface area contributed by atoms with Gasteiger partial charge in [-0.25, -0.2) is 4.98 Å². The van der Waals surface area contributed by atoms with Gasteiger partial charge in [0.25, 0.3) is 5.91 Å². The zero-order valence-electron chi connectivity index (χ0n) is 10.5. The van der Waals surface area contributed by atoms with Gasteiger partial charge in [-0.2, -0.15) is 0 Å². The van der Waals surface area contributed by atoms with Crippen molar-refractivity contribution in [1.82, 2.24) is 10.3 Å². The molecule has 0 spiro atoms. The van der Waals surface area contributed by atoms with Crippen LogP contribution in [0.4, 0.5) is 5.69 Å². The van der Waals surface area contributed by atoms with Crippen molar-refractivity contribution in [2.45, 2.75) is 6.10 Å². The van der Waals surface area contributed by atoms with Crippen molar-refractivity contribution in [3.63, 3.8) is 0 Å². The smallest absolute Gasteiger partial charge is 0.269 e. The van der Waals surface area contributed by atoms with Gasteiger partial charge in [0.1, 0.15) is 5.69 Å². The summed E-state index contributed by atoms with van der Waals surface area (Å²) in [4.78, 5) is 15.7. The maximum Gasteiger partial charge on any atom is 0.269 e. The number of methoxy groups -OCH3 is 2. The highest BCUT2D eigenvalue weighted by Gasteiger charge is 2.11. The number of aromatic nitrogens is 1. The average molecular weight is 254 g/mol.